The van der Waals surface area contributed by atoms with Gasteiger partial charge < -0.3 is 10.5 Å². The molecule has 0 radical (unpaired) electrons. The molecule has 0 spiro atoms. The standard InChI is InChI=1S/C17H24N2OS/c1-4-13-7-6-8-14(11-13)20-10-9-16-19-15(5-2)17(21-16)12(3)18/h6-8,11-12H,4-5,9-10,18H2,1-3H3. The summed E-state index contributed by atoms with van der Waals surface area (Å²) in [5.41, 5.74) is 8.43. The van der Waals surface area contributed by atoms with E-state index in [0.29, 0.717) is 6.61 Å². The summed E-state index contributed by atoms with van der Waals surface area (Å²) in [6.07, 6.45) is 2.80. The van der Waals surface area contributed by atoms with E-state index < -0.39 is 0 Å². The molecule has 0 aliphatic carbocycles. The van der Waals surface area contributed by atoms with Gasteiger partial charge in [0.25, 0.3) is 0 Å². The van der Waals surface area contributed by atoms with E-state index >= 15 is 0 Å². The molecule has 0 bridgehead atoms. The number of nitrogens with two attached hydrogens (primary N) is 1. The second kappa shape index (κ2) is 7.57. The average molecular weight is 304 g/mol. The monoisotopic (exact) mass is 304 g/mol. The van der Waals surface area contributed by atoms with E-state index in [-0.39, 0.29) is 6.04 Å². The summed E-state index contributed by atoms with van der Waals surface area (Å²) in [5, 5.41) is 1.12. The minimum absolute atomic E-state index is 0.0633. The third-order valence-corrected chi connectivity index (χ3v) is 4.77. The maximum absolute atomic E-state index is 5.99. The first kappa shape index (κ1) is 16.0. The van der Waals surface area contributed by atoms with Gasteiger partial charge in [-0.05, 0) is 37.5 Å². The SMILES string of the molecule is CCc1cccc(OCCc2nc(CC)c(C(C)N)s2)c1. The van der Waals surface area contributed by atoms with Crippen molar-refractivity contribution in [2.75, 3.05) is 6.61 Å². The molecular formula is C17H24N2OS. The third kappa shape index (κ3) is 4.29. The maximum Gasteiger partial charge on any atom is 0.119 e. The maximum atomic E-state index is 5.99. The van der Waals surface area contributed by atoms with Crippen LogP contribution >= 0.6 is 11.3 Å². The second-order valence-electron chi connectivity index (χ2n) is 5.16. The minimum Gasteiger partial charge on any atom is -0.493 e. The first-order valence-corrected chi connectivity index (χ1v) is 8.41. The van der Waals surface area contributed by atoms with Crippen molar-refractivity contribution in [3.63, 3.8) is 0 Å². The molecule has 114 valence electrons. The van der Waals surface area contributed by atoms with Gasteiger partial charge in [-0.25, -0.2) is 4.98 Å². The molecule has 0 saturated heterocycles. The van der Waals surface area contributed by atoms with Crippen molar-refractivity contribution in [3.05, 3.63) is 45.4 Å². The van der Waals surface area contributed by atoms with Crippen LogP contribution < -0.4 is 10.5 Å². The molecular weight excluding hydrogens is 280 g/mol. The Bertz CT molecular complexity index is 578. The molecule has 0 saturated carbocycles. The van der Waals surface area contributed by atoms with Crippen molar-refractivity contribution < 1.29 is 4.74 Å². The Kier molecular flexibility index (Phi) is 5.76. The van der Waals surface area contributed by atoms with Gasteiger partial charge in [-0.3, -0.25) is 0 Å². The third-order valence-electron chi connectivity index (χ3n) is 3.41. The van der Waals surface area contributed by atoms with Crippen LogP contribution in [0.1, 0.15) is 48.0 Å². The van der Waals surface area contributed by atoms with Gasteiger partial charge in [0.15, 0.2) is 0 Å². The van der Waals surface area contributed by atoms with E-state index in [1.807, 2.05) is 19.1 Å². The number of ether oxygens (including phenoxy) is 1. The van der Waals surface area contributed by atoms with Crippen molar-refractivity contribution >= 4 is 11.3 Å². The van der Waals surface area contributed by atoms with Crippen LogP contribution in [-0.4, -0.2) is 11.6 Å². The molecule has 0 aliphatic heterocycles. The molecule has 1 aromatic heterocycles. The molecule has 3 nitrogen and oxygen atoms in total. The highest BCUT2D eigenvalue weighted by Gasteiger charge is 2.12. The van der Waals surface area contributed by atoms with Crippen LogP contribution in [0.3, 0.4) is 0 Å². The Morgan fingerprint density at radius 2 is 2.10 bits per heavy atom. The first-order chi connectivity index (χ1) is 10.1. The molecule has 21 heavy (non-hydrogen) atoms. The van der Waals surface area contributed by atoms with Gasteiger partial charge in [-0.1, -0.05) is 26.0 Å². The molecule has 1 aromatic carbocycles. The molecule has 1 atom stereocenters. The summed E-state index contributed by atoms with van der Waals surface area (Å²) in [7, 11) is 0. The largest absolute Gasteiger partial charge is 0.493 e. The lowest BCUT2D eigenvalue weighted by molar-refractivity contribution is 0.321. The van der Waals surface area contributed by atoms with E-state index in [9.17, 15) is 0 Å². The zero-order valence-electron chi connectivity index (χ0n) is 13.1. The Morgan fingerprint density at radius 1 is 1.29 bits per heavy atom. The quantitative estimate of drug-likeness (QED) is 0.843. The summed E-state index contributed by atoms with van der Waals surface area (Å²) < 4.78 is 5.83. The normalized spacial score (nSPS) is 12.4. The Labute approximate surface area is 131 Å². The number of hydrogen-bond acceptors (Lipinski definition) is 4. The molecule has 2 aromatic rings. The zero-order valence-corrected chi connectivity index (χ0v) is 13.9. The molecule has 0 fully saturated rings. The van der Waals surface area contributed by atoms with Crippen molar-refractivity contribution in [3.8, 4) is 5.75 Å². The predicted molar refractivity (Wildman–Crippen MR) is 89.1 cm³/mol. The summed E-state index contributed by atoms with van der Waals surface area (Å²) in [6, 6.07) is 8.34. The highest BCUT2D eigenvalue weighted by molar-refractivity contribution is 7.11. The topological polar surface area (TPSA) is 48.1 Å². The molecule has 4 heteroatoms. The van der Waals surface area contributed by atoms with Crippen LogP contribution in [0.4, 0.5) is 0 Å². The number of thiazole rings is 1. The molecule has 0 aliphatic rings. The zero-order chi connectivity index (χ0) is 15.2. The number of nitrogens with zero attached hydrogens (tertiary/aromatic N) is 1. The van der Waals surface area contributed by atoms with E-state index in [4.69, 9.17) is 10.5 Å². The van der Waals surface area contributed by atoms with Gasteiger partial charge in [0, 0.05) is 17.3 Å². The Hall–Kier alpha value is -1.39. The van der Waals surface area contributed by atoms with E-state index in [1.54, 1.807) is 11.3 Å². The van der Waals surface area contributed by atoms with Crippen LogP contribution in [0.2, 0.25) is 0 Å². The van der Waals surface area contributed by atoms with E-state index in [2.05, 4.69) is 31.0 Å². The number of rotatable bonds is 7. The van der Waals surface area contributed by atoms with Crippen LogP contribution in [-0.2, 0) is 19.3 Å². The molecule has 2 rings (SSSR count). The van der Waals surface area contributed by atoms with Crippen molar-refractivity contribution in [1.29, 1.82) is 0 Å². The summed E-state index contributed by atoms with van der Waals surface area (Å²) >= 11 is 1.72. The van der Waals surface area contributed by atoms with E-state index in [1.165, 1.54) is 10.4 Å². The average Bonchev–Trinajstić information content (AvgIpc) is 2.91. The number of hydrogen-bond donors (Lipinski definition) is 1. The van der Waals surface area contributed by atoms with Crippen molar-refractivity contribution in [2.45, 2.75) is 46.1 Å². The minimum atomic E-state index is 0.0633. The molecule has 1 heterocycles. The van der Waals surface area contributed by atoms with Gasteiger partial charge in [0.1, 0.15) is 5.75 Å². The van der Waals surface area contributed by atoms with Crippen LogP contribution in [0.15, 0.2) is 24.3 Å². The van der Waals surface area contributed by atoms with Gasteiger partial charge >= 0.3 is 0 Å². The van der Waals surface area contributed by atoms with Crippen LogP contribution in [0.5, 0.6) is 5.75 Å². The molecule has 2 N–H and O–H groups in total. The number of aromatic nitrogens is 1. The highest BCUT2D eigenvalue weighted by atomic mass is 32.1. The smallest absolute Gasteiger partial charge is 0.119 e. The van der Waals surface area contributed by atoms with Crippen molar-refractivity contribution in [1.82, 2.24) is 4.98 Å². The number of benzene rings is 1. The Morgan fingerprint density at radius 3 is 2.71 bits per heavy atom. The molecule has 1 unspecified atom stereocenters. The van der Waals surface area contributed by atoms with Gasteiger partial charge in [0.05, 0.1) is 17.3 Å². The fourth-order valence-electron chi connectivity index (χ4n) is 2.24. The predicted octanol–water partition coefficient (Wildman–Crippen LogP) is 3.91. The fourth-order valence-corrected chi connectivity index (χ4v) is 3.33. The molecule has 0 amide bonds. The summed E-state index contributed by atoms with van der Waals surface area (Å²) in [6.45, 7) is 6.94. The van der Waals surface area contributed by atoms with Crippen molar-refractivity contribution in [2.24, 2.45) is 5.73 Å². The Balaban J connectivity index is 1.94. The van der Waals surface area contributed by atoms with Gasteiger partial charge in [0.2, 0.25) is 0 Å². The second-order valence-corrected chi connectivity index (χ2v) is 6.28. The number of aryl methyl sites for hydroxylation is 2. The van der Waals surface area contributed by atoms with Crippen LogP contribution in [0, 0.1) is 0 Å². The van der Waals surface area contributed by atoms with Gasteiger partial charge in [-0.2, -0.15) is 0 Å². The lowest BCUT2D eigenvalue weighted by Gasteiger charge is -2.06. The van der Waals surface area contributed by atoms with Crippen LogP contribution in [0.25, 0.3) is 0 Å². The summed E-state index contributed by atoms with van der Waals surface area (Å²) in [5.74, 6) is 0.939. The fraction of sp³-hybridized carbons (Fsp3) is 0.471. The van der Waals surface area contributed by atoms with Gasteiger partial charge in [-0.15, -0.1) is 11.3 Å². The lowest BCUT2D eigenvalue weighted by Crippen LogP contribution is -2.05. The summed E-state index contributed by atoms with van der Waals surface area (Å²) in [4.78, 5) is 5.88. The highest BCUT2D eigenvalue weighted by Crippen LogP contribution is 2.25. The van der Waals surface area contributed by atoms with E-state index in [0.717, 1.165) is 35.7 Å². The first-order valence-electron chi connectivity index (χ1n) is 7.59. The lowest BCUT2D eigenvalue weighted by atomic mass is 10.2.